The summed E-state index contributed by atoms with van der Waals surface area (Å²) in [6, 6.07) is 24.0. The molecule has 0 bridgehead atoms. The molecule has 0 fully saturated rings. The van der Waals surface area contributed by atoms with Crippen LogP contribution in [0, 0.1) is 0 Å². The van der Waals surface area contributed by atoms with E-state index in [4.69, 9.17) is 32.7 Å². The molecule has 1 unspecified atom stereocenters. The number of nitrogens with one attached hydrogen (secondary N) is 1. The molecule has 0 aliphatic heterocycles. The number of carbonyl (C=O) groups is 3. The quantitative estimate of drug-likeness (QED) is 0.165. The first kappa shape index (κ1) is 36.7. The second kappa shape index (κ2) is 15.1. The number of rotatable bonds is 10. The van der Waals surface area contributed by atoms with Gasteiger partial charge in [0.05, 0.1) is 10.6 Å². The normalized spacial score (nSPS) is 13.2. The number of carbonyl (C=O) groups excluding carboxylic acids is 3. The van der Waals surface area contributed by atoms with Crippen LogP contribution in [-0.4, -0.2) is 42.8 Å². The van der Waals surface area contributed by atoms with E-state index in [1.54, 1.807) is 39.0 Å². The molecule has 0 spiro atoms. The molecule has 0 aromatic heterocycles. The van der Waals surface area contributed by atoms with E-state index < -0.39 is 52.9 Å². The molecule has 0 saturated heterocycles. The highest BCUT2D eigenvalue weighted by atomic mass is 35.5. The fourth-order valence-corrected chi connectivity index (χ4v) is 6.42. The van der Waals surface area contributed by atoms with E-state index in [0.717, 1.165) is 33.2 Å². The lowest BCUT2D eigenvalue weighted by Crippen LogP contribution is -2.51. The number of hydrogen-bond acceptors (Lipinski definition) is 5. The number of amides is 2. The van der Waals surface area contributed by atoms with E-state index >= 15 is 0 Å². The van der Waals surface area contributed by atoms with Crippen LogP contribution in [0.2, 0.25) is 10.0 Å². The van der Waals surface area contributed by atoms with Gasteiger partial charge >= 0.3 is 18.2 Å². The molecule has 5 rings (SSSR count). The van der Waals surface area contributed by atoms with Gasteiger partial charge in [0.2, 0.25) is 5.91 Å². The summed E-state index contributed by atoms with van der Waals surface area (Å²) in [5.74, 6) is -1.64. The molecule has 4 aromatic rings. The third-order valence-corrected chi connectivity index (χ3v) is 8.64. The van der Waals surface area contributed by atoms with Gasteiger partial charge in [0.15, 0.2) is 0 Å². The first-order valence-corrected chi connectivity index (χ1v) is 16.6. The first-order valence-electron chi connectivity index (χ1n) is 15.9. The molecule has 1 N–H and O–H groups in total. The number of esters is 1. The Morgan fingerprint density at radius 3 is 2.08 bits per heavy atom. The molecule has 50 heavy (non-hydrogen) atoms. The minimum Gasteiger partial charge on any atom is -0.459 e. The van der Waals surface area contributed by atoms with Crippen molar-refractivity contribution in [2.75, 3.05) is 18.1 Å². The van der Waals surface area contributed by atoms with Gasteiger partial charge in [-0.25, -0.2) is 4.79 Å². The number of hydrogen-bond donors (Lipinski definition) is 1. The summed E-state index contributed by atoms with van der Waals surface area (Å²) in [7, 11) is 0. The Hall–Kier alpha value is -4.54. The van der Waals surface area contributed by atoms with E-state index in [-0.39, 0.29) is 31.1 Å². The third-order valence-electron chi connectivity index (χ3n) is 8.09. The van der Waals surface area contributed by atoms with Crippen LogP contribution in [-0.2, 0) is 31.7 Å². The predicted octanol–water partition coefficient (Wildman–Crippen LogP) is 9.23. The van der Waals surface area contributed by atoms with Gasteiger partial charge in [-0.3, -0.25) is 14.5 Å². The molecule has 7 nitrogen and oxygen atoms in total. The number of halogens is 5. The topological polar surface area (TPSA) is 84.9 Å². The van der Waals surface area contributed by atoms with Crippen LogP contribution < -0.4 is 10.2 Å². The van der Waals surface area contributed by atoms with E-state index in [2.05, 4.69) is 5.32 Å². The van der Waals surface area contributed by atoms with Crippen molar-refractivity contribution in [3.63, 3.8) is 0 Å². The number of benzene rings is 4. The second-order valence-corrected chi connectivity index (χ2v) is 13.7. The Morgan fingerprint density at radius 2 is 1.50 bits per heavy atom. The van der Waals surface area contributed by atoms with Gasteiger partial charge in [0.25, 0.3) is 0 Å². The molecule has 2 amide bonds. The smallest absolute Gasteiger partial charge is 0.417 e. The van der Waals surface area contributed by atoms with Gasteiger partial charge in [-0.15, -0.1) is 0 Å². The van der Waals surface area contributed by atoms with Gasteiger partial charge in [-0.2, -0.15) is 13.2 Å². The van der Waals surface area contributed by atoms with E-state index in [1.165, 1.54) is 18.2 Å². The summed E-state index contributed by atoms with van der Waals surface area (Å²) < 4.78 is 51.2. The predicted molar refractivity (Wildman–Crippen MR) is 186 cm³/mol. The lowest BCUT2D eigenvalue weighted by Gasteiger charge is -2.29. The van der Waals surface area contributed by atoms with E-state index in [1.807, 2.05) is 48.5 Å². The molecule has 0 radical (unpaired) electrons. The van der Waals surface area contributed by atoms with Crippen LogP contribution in [0.4, 0.5) is 23.7 Å². The molecule has 1 aliphatic carbocycles. The van der Waals surface area contributed by atoms with Crippen LogP contribution in [0.15, 0.2) is 91.0 Å². The van der Waals surface area contributed by atoms with Gasteiger partial charge in [-0.05, 0) is 91.8 Å². The molecule has 262 valence electrons. The molecular weight excluding hydrogens is 692 g/mol. The van der Waals surface area contributed by atoms with Crippen molar-refractivity contribution in [3.05, 3.63) is 123 Å². The fourth-order valence-electron chi connectivity index (χ4n) is 5.93. The molecule has 4 aromatic carbocycles. The standard InChI is InChI=1S/C38H35Cl2F3N2O5/c1-37(2,3)50-34(46)21-45(25-10-8-9-24(39)20-25)35(47)33(18-16-23-15-17-31(32(40)19-23)38(41,42)43)44-36(48)49-22-30-28-13-6-4-11-26(28)27-12-5-7-14-29(27)30/h4-15,17,19-20,30,33H,16,18,21-22H2,1-3H3,(H,44,48). The number of alkyl halides is 3. The Balaban J connectivity index is 1.40. The fraction of sp³-hybridized carbons (Fsp3) is 0.289. The van der Waals surface area contributed by atoms with Crippen molar-refractivity contribution < 1.29 is 37.0 Å². The highest BCUT2D eigenvalue weighted by molar-refractivity contribution is 6.31. The average Bonchev–Trinajstić information content (AvgIpc) is 3.36. The molecule has 1 aliphatic rings. The Kier molecular flexibility index (Phi) is 11.1. The van der Waals surface area contributed by atoms with E-state index in [9.17, 15) is 27.6 Å². The van der Waals surface area contributed by atoms with E-state index in [0.29, 0.717) is 10.6 Å². The Labute approximate surface area is 298 Å². The summed E-state index contributed by atoms with van der Waals surface area (Å²) in [5.41, 5.74) is 2.91. The summed E-state index contributed by atoms with van der Waals surface area (Å²) in [5, 5.41) is 2.45. The number of anilines is 1. The summed E-state index contributed by atoms with van der Waals surface area (Å²) in [4.78, 5) is 41.8. The van der Waals surface area contributed by atoms with Crippen LogP contribution in [0.1, 0.15) is 55.4 Å². The maximum absolute atomic E-state index is 14.3. The monoisotopic (exact) mass is 726 g/mol. The Morgan fingerprint density at radius 1 is 0.860 bits per heavy atom. The number of ether oxygens (including phenoxy) is 2. The van der Waals surface area contributed by atoms with Crippen molar-refractivity contribution in [1.82, 2.24) is 5.32 Å². The first-order chi connectivity index (χ1) is 23.6. The highest BCUT2D eigenvalue weighted by Gasteiger charge is 2.35. The molecule has 0 heterocycles. The minimum absolute atomic E-state index is 0.0226. The van der Waals surface area contributed by atoms with Crippen LogP contribution >= 0.6 is 23.2 Å². The zero-order chi connectivity index (χ0) is 36.2. The van der Waals surface area contributed by atoms with Crippen molar-refractivity contribution in [3.8, 4) is 11.1 Å². The lowest BCUT2D eigenvalue weighted by atomic mass is 9.98. The third kappa shape index (κ3) is 8.97. The SMILES string of the molecule is CC(C)(C)OC(=O)CN(C(=O)C(CCc1ccc(C(F)(F)F)c(Cl)c1)NC(=O)OCC1c2ccccc2-c2ccccc21)c1cccc(Cl)c1. The molecule has 12 heteroatoms. The van der Waals surface area contributed by atoms with Crippen molar-refractivity contribution in [1.29, 1.82) is 0 Å². The van der Waals surface area contributed by atoms with Crippen LogP contribution in [0.25, 0.3) is 11.1 Å². The van der Waals surface area contributed by atoms with Crippen molar-refractivity contribution >= 4 is 46.9 Å². The molecule has 0 saturated carbocycles. The largest absolute Gasteiger partial charge is 0.459 e. The highest BCUT2D eigenvalue weighted by Crippen LogP contribution is 2.44. The van der Waals surface area contributed by atoms with Gasteiger partial charge in [0, 0.05) is 16.6 Å². The lowest BCUT2D eigenvalue weighted by molar-refractivity contribution is -0.153. The Bertz CT molecular complexity index is 1850. The number of alkyl carbamates (subject to hydrolysis) is 1. The summed E-state index contributed by atoms with van der Waals surface area (Å²) >= 11 is 12.2. The van der Waals surface area contributed by atoms with Crippen LogP contribution in [0.5, 0.6) is 0 Å². The zero-order valence-corrected chi connectivity index (χ0v) is 29.0. The number of nitrogens with zero attached hydrogens (tertiary/aromatic N) is 1. The minimum atomic E-state index is -4.64. The summed E-state index contributed by atoms with van der Waals surface area (Å²) in [6.45, 7) is 4.53. The average molecular weight is 728 g/mol. The second-order valence-electron chi connectivity index (χ2n) is 12.9. The van der Waals surface area contributed by atoms with Crippen molar-refractivity contribution in [2.45, 2.75) is 57.3 Å². The molecular formula is C38H35Cl2F3N2O5. The van der Waals surface area contributed by atoms with Crippen molar-refractivity contribution in [2.24, 2.45) is 0 Å². The van der Waals surface area contributed by atoms with Gasteiger partial charge < -0.3 is 14.8 Å². The van der Waals surface area contributed by atoms with Crippen LogP contribution in [0.3, 0.4) is 0 Å². The maximum Gasteiger partial charge on any atom is 0.417 e. The van der Waals surface area contributed by atoms with Gasteiger partial charge in [0.1, 0.15) is 24.8 Å². The number of fused-ring (bicyclic) bond motifs is 3. The number of aryl methyl sites for hydroxylation is 1. The summed E-state index contributed by atoms with van der Waals surface area (Å²) in [6.07, 6.45) is -5.55. The van der Waals surface area contributed by atoms with Gasteiger partial charge in [-0.1, -0.05) is 83.9 Å². The molecule has 1 atom stereocenters. The maximum atomic E-state index is 14.3. The zero-order valence-electron chi connectivity index (χ0n) is 27.5.